The summed E-state index contributed by atoms with van der Waals surface area (Å²) in [4.78, 5) is 26.9. The molecule has 0 aliphatic carbocycles. The predicted molar refractivity (Wildman–Crippen MR) is 123 cm³/mol. The first kappa shape index (κ1) is 21.0. The lowest BCUT2D eigenvalue weighted by molar-refractivity contribution is -0.113. The van der Waals surface area contributed by atoms with Crippen molar-refractivity contribution >= 4 is 46.7 Å². The summed E-state index contributed by atoms with van der Waals surface area (Å²) in [6.07, 6.45) is 1.97. The highest BCUT2D eigenvalue weighted by Crippen LogP contribution is 2.27. The average molecular weight is 423 g/mol. The molecule has 0 radical (unpaired) electrons. The Hall–Kier alpha value is -2.70. The third kappa shape index (κ3) is 5.89. The monoisotopic (exact) mass is 422 g/mol. The maximum absolute atomic E-state index is 12.8. The Bertz CT molecular complexity index is 1000. The van der Waals surface area contributed by atoms with Gasteiger partial charge in [0.1, 0.15) is 0 Å². The van der Waals surface area contributed by atoms with Crippen LogP contribution in [0.5, 0.6) is 0 Å². The number of hydrogen-bond donors (Lipinski definition) is 2. The summed E-state index contributed by atoms with van der Waals surface area (Å²) in [6.45, 7) is 2.00. The van der Waals surface area contributed by atoms with Crippen molar-refractivity contribution < 1.29 is 9.59 Å². The van der Waals surface area contributed by atoms with Gasteiger partial charge in [0, 0.05) is 15.5 Å². The standard InChI is InChI=1S/C23H22N2O2S2/c1-16-11-13-17(14-12-16)24-22(26)15-29-20-9-5-3-7-18(20)23(27)25-19-8-4-6-10-21(19)28-2/h3-14H,15H2,1-2H3,(H,24,26)(H,25,27). The zero-order valence-corrected chi connectivity index (χ0v) is 17.9. The Kier molecular flexibility index (Phi) is 7.38. The number of para-hydroxylation sites is 1. The first-order chi connectivity index (χ1) is 14.1. The lowest BCUT2D eigenvalue weighted by Gasteiger charge is -2.12. The van der Waals surface area contributed by atoms with Gasteiger partial charge in [-0.2, -0.15) is 0 Å². The summed E-state index contributed by atoms with van der Waals surface area (Å²) in [5.41, 5.74) is 3.24. The number of hydrogen-bond acceptors (Lipinski definition) is 4. The highest BCUT2D eigenvalue weighted by molar-refractivity contribution is 8.00. The molecule has 0 saturated carbocycles. The number of anilines is 2. The topological polar surface area (TPSA) is 58.2 Å². The van der Waals surface area contributed by atoms with Gasteiger partial charge in [-0.05, 0) is 49.6 Å². The third-order valence-corrected chi connectivity index (χ3v) is 6.05. The fourth-order valence-electron chi connectivity index (χ4n) is 2.69. The molecule has 0 aliphatic heterocycles. The number of aryl methyl sites for hydroxylation is 1. The van der Waals surface area contributed by atoms with Crippen LogP contribution < -0.4 is 10.6 Å². The van der Waals surface area contributed by atoms with Crippen molar-refractivity contribution in [2.24, 2.45) is 0 Å². The Balaban J connectivity index is 1.66. The van der Waals surface area contributed by atoms with Crippen LogP contribution in [0.2, 0.25) is 0 Å². The van der Waals surface area contributed by atoms with Crippen molar-refractivity contribution in [3.8, 4) is 0 Å². The number of amides is 2. The summed E-state index contributed by atoms with van der Waals surface area (Å²) in [6, 6.07) is 22.7. The quantitative estimate of drug-likeness (QED) is 0.480. The van der Waals surface area contributed by atoms with Crippen LogP contribution in [-0.2, 0) is 4.79 Å². The largest absolute Gasteiger partial charge is 0.325 e. The molecule has 4 nitrogen and oxygen atoms in total. The Morgan fingerprint density at radius 3 is 2.21 bits per heavy atom. The molecule has 0 unspecified atom stereocenters. The van der Waals surface area contributed by atoms with Gasteiger partial charge in [-0.15, -0.1) is 23.5 Å². The summed E-state index contributed by atoms with van der Waals surface area (Å²) in [5.74, 6) is -0.0742. The Morgan fingerprint density at radius 2 is 1.48 bits per heavy atom. The molecule has 0 aliphatic rings. The van der Waals surface area contributed by atoms with Crippen LogP contribution in [0.15, 0.2) is 82.6 Å². The van der Waals surface area contributed by atoms with Gasteiger partial charge < -0.3 is 10.6 Å². The average Bonchev–Trinajstić information content (AvgIpc) is 2.74. The normalized spacial score (nSPS) is 10.4. The van der Waals surface area contributed by atoms with Gasteiger partial charge in [0.05, 0.1) is 17.0 Å². The minimum absolute atomic E-state index is 0.109. The van der Waals surface area contributed by atoms with E-state index >= 15 is 0 Å². The minimum Gasteiger partial charge on any atom is -0.325 e. The molecule has 3 aromatic carbocycles. The van der Waals surface area contributed by atoms with E-state index in [1.54, 1.807) is 17.8 Å². The molecular formula is C23H22N2O2S2. The number of rotatable bonds is 7. The molecule has 0 aromatic heterocycles. The number of carbonyl (C=O) groups excluding carboxylic acids is 2. The fraction of sp³-hybridized carbons (Fsp3) is 0.130. The highest BCUT2D eigenvalue weighted by atomic mass is 32.2. The lowest BCUT2D eigenvalue weighted by Crippen LogP contribution is -2.16. The maximum atomic E-state index is 12.8. The van der Waals surface area contributed by atoms with E-state index in [1.807, 2.05) is 79.9 Å². The summed E-state index contributed by atoms with van der Waals surface area (Å²) < 4.78 is 0. The first-order valence-electron chi connectivity index (χ1n) is 9.09. The molecule has 3 aromatic rings. The maximum Gasteiger partial charge on any atom is 0.256 e. The van der Waals surface area contributed by atoms with E-state index in [1.165, 1.54) is 11.8 Å². The fourth-order valence-corrected chi connectivity index (χ4v) is 4.10. The van der Waals surface area contributed by atoms with E-state index in [9.17, 15) is 9.59 Å². The minimum atomic E-state index is -0.187. The van der Waals surface area contributed by atoms with Gasteiger partial charge in [0.2, 0.25) is 5.91 Å². The first-order valence-corrected chi connectivity index (χ1v) is 11.3. The third-order valence-electron chi connectivity index (χ3n) is 4.18. The second-order valence-electron chi connectivity index (χ2n) is 6.35. The van der Waals surface area contributed by atoms with Gasteiger partial charge in [-0.25, -0.2) is 0 Å². The molecule has 0 bridgehead atoms. The van der Waals surface area contributed by atoms with Gasteiger partial charge in [0.15, 0.2) is 0 Å². The smallest absolute Gasteiger partial charge is 0.256 e. The molecule has 0 heterocycles. The predicted octanol–water partition coefficient (Wildman–Crippen LogP) is 5.70. The van der Waals surface area contributed by atoms with Crippen LogP contribution in [0.1, 0.15) is 15.9 Å². The van der Waals surface area contributed by atoms with Crippen LogP contribution in [0.25, 0.3) is 0 Å². The molecule has 0 fully saturated rings. The number of thioether (sulfide) groups is 2. The molecule has 2 N–H and O–H groups in total. The van der Waals surface area contributed by atoms with Crippen LogP contribution in [0, 0.1) is 6.92 Å². The summed E-state index contributed by atoms with van der Waals surface area (Å²) in [7, 11) is 0. The zero-order valence-electron chi connectivity index (χ0n) is 16.3. The van der Waals surface area contributed by atoms with Gasteiger partial charge in [0.25, 0.3) is 5.91 Å². The van der Waals surface area contributed by atoms with E-state index in [2.05, 4.69) is 10.6 Å². The van der Waals surface area contributed by atoms with E-state index in [4.69, 9.17) is 0 Å². The second kappa shape index (κ2) is 10.2. The zero-order chi connectivity index (χ0) is 20.6. The number of benzene rings is 3. The van der Waals surface area contributed by atoms with Crippen LogP contribution in [0.4, 0.5) is 11.4 Å². The summed E-state index contributed by atoms with van der Waals surface area (Å²) in [5, 5.41) is 5.86. The van der Waals surface area contributed by atoms with Crippen molar-refractivity contribution in [3.05, 3.63) is 83.9 Å². The van der Waals surface area contributed by atoms with Crippen LogP contribution >= 0.6 is 23.5 Å². The van der Waals surface area contributed by atoms with Crippen molar-refractivity contribution in [1.82, 2.24) is 0 Å². The van der Waals surface area contributed by atoms with Gasteiger partial charge in [-0.3, -0.25) is 9.59 Å². The van der Waals surface area contributed by atoms with Crippen LogP contribution in [-0.4, -0.2) is 23.8 Å². The van der Waals surface area contributed by atoms with E-state index in [0.29, 0.717) is 5.56 Å². The molecule has 2 amide bonds. The second-order valence-corrected chi connectivity index (χ2v) is 8.22. The molecule has 0 saturated heterocycles. The van der Waals surface area contributed by atoms with E-state index < -0.39 is 0 Å². The molecule has 29 heavy (non-hydrogen) atoms. The molecular weight excluding hydrogens is 400 g/mol. The van der Waals surface area contributed by atoms with Crippen molar-refractivity contribution in [1.29, 1.82) is 0 Å². The molecule has 0 atom stereocenters. The lowest BCUT2D eigenvalue weighted by atomic mass is 10.2. The highest BCUT2D eigenvalue weighted by Gasteiger charge is 2.14. The Labute approximate surface area is 179 Å². The van der Waals surface area contributed by atoms with E-state index in [-0.39, 0.29) is 17.6 Å². The number of nitrogens with one attached hydrogen (secondary N) is 2. The van der Waals surface area contributed by atoms with Crippen LogP contribution in [0.3, 0.4) is 0 Å². The molecule has 148 valence electrons. The summed E-state index contributed by atoms with van der Waals surface area (Å²) >= 11 is 2.93. The van der Waals surface area contributed by atoms with Gasteiger partial charge >= 0.3 is 0 Å². The van der Waals surface area contributed by atoms with Crippen molar-refractivity contribution in [2.75, 3.05) is 22.6 Å². The Morgan fingerprint density at radius 1 is 0.828 bits per heavy atom. The van der Waals surface area contributed by atoms with Gasteiger partial charge in [-0.1, -0.05) is 42.0 Å². The molecule has 0 spiro atoms. The molecule has 6 heteroatoms. The van der Waals surface area contributed by atoms with E-state index in [0.717, 1.165) is 26.7 Å². The van der Waals surface area contributed by atoms with Crippen molar-refractivity contribution in [3.63, 3.8) is 0 Å². The number of carbonyl (C=O) groups is 2. The SMILES string of the molecule is CSc1ccccc1NC(=O)c1ccccc1SCC(=O)Nc1ccc(C)cc1. The van der Waals surface area contributed by atoms with Crippen molar-refractivity contribution in [2.45, 2.75) is 16.7 Å². The molecule has 3 rings (SSSR count).